The summed E-state index contributed by atoms with van der Waals surface area (Å²) < 4.78 is 49.1. The Bertz CT molecular complexity index is 1060. The zero-order chi connectivity index (χ0) is 19.6. The highest BCUT2D eigenvalue weighted by atomic mass is 79.9. The second kappa shape index (κ2) is 7.56. The molecule has 8 heteroatoms. The lowest BCUT2D eigenvalue weighted by molar-refractivity contribution is -0.144. The topological polar surface area (TPSA) is 56.5 Å². The summed E-state index contributed by atoms with van der Waals surface area (Å²) in [5.74, 6) is -0.701. The van der Waals surface area contributed by atoms with Gasteiger partial charge in [0.05, 0.1) is 12.0 Å². The summed E-state index contributed by atoms with van der Waals surface area (Å²) in [6.07, 6.45) is -4.79. The van der Waals surface area contributed by atoms with Crippen molar-refractivity contribution in [3.63, 3.8) is 0 Å². The van der Waals surface area contributed by atoms with Crippen LogP contribution in [0.1, 0.15) is 16.7 Å². The Balaban J connectivity index is 1.73. The summed E-state index contributed by atoms with van der Waals surface area (Å²) in [5, 5.41) is 0.602. The van der Waals surface area contributed by atoms with Gasteiger partial charge in [-0.25, -0.2) is 4.79 Å². The molecule has 0 aliphatic rings. The molecule has 0 radical (unpaired) electrons. The van der Waals surface area contributed by atoms with Crippen molar-refractivity contribution in [3.05, 3.63) is 80.1 Å². The van der Waals surface area contributed by atoms with Gasteiger partial charge in [-0.2, -0.15) is 13.2 Å². The molecule has 3 aromatic rings. The highest BCUT2D eigenvalue weighted by Gasteiger charge is 2.30. The molecule has 2 aromatic carbocycles. The van der Waals surface area contributed by atoms with Gasteiger partial charge >= 0.3 is 17.8 Å². The Morgan fingerprint density at radius 1 is 1.11 bits per heavy atom. The van der Waals surface area contributed by atoms with Crippen LogP contribution in [-0.2, 0) is 28.7 Å². The number of carbonyl (C=O) groups is 1. The molecule has 0 fully saturated rings. The maximum atomic E-state index is 12.7. The lowest BCUT2D eigenvalue weighted by atomic mass is 10.1. The number of rotatable bonds is 4. The second-order valence-corrected chi connectivity index (χ2v) is 6.68. The Kier molecular flexibility index (Phi) is 5.36. The summed E-state index contributed by atoms with van der Waals surface area (Å²) in [4.78, 5) is 23.7. The van der Waals surface area contributed by atoms with Gasteiger partial charge in [-0.05, 0) is 29.8 Å². The maximum absolute atomic E-state index is 12.7. The van der Waals surface area contributed by atoms with E-state index in [1.807, 2.05) is 0 Å². The van der Waals surface area contributed by atoms with Crippen molar-refractivity contribution in [1.29, 1.82) is 0 Å². The molecule has 0 bridgehead atoms. The number of fused-ring (bicyclic) bond motifs is 1. The monoisotopic (exact) mass is 440 g/mol. The number of esters is 1. The van der Waals surface area contributed by atoms with Gasteiger partial charge in [-0.3, -0.25) is 4.79 Å². The van der Waals surface area contributed by atoms with E-state index < -0.39 is 23.3 Å². The van der Waals surface area contributed by atoms with Crippen molar-refractivity contribution in [3.8, 4) is 0 Å². The fourth-order valence-electron chi connectivity index (χ4n) is 2.56. The molecule has 0 aliphatic carbocycles. The lowest BCUT2D eigenvalue weighted by Gasteiger charge is -2.10. The van der Waals surface area contributed by atoms with Gasteiger partial charge in [-0.15, -0.1) is 0 Å². The zero-order valence-electron chi connectivity index (χ0n) is 13.7. The first kappa shape index (κ1) is 19.2. The molecule has 27 heavy (non-hydrogen) atoms. The van der Waals surface area contributed by atoms with Crippen molar-refractivity contribution >= 4 is 32.9 Å². The summed E-state index contributed by atoms with van der Waals surface area (Å²) in [6.45, 7) is -0.193. The molecule has 0 aliphatic heterocycles. The summed E-state index contributed by atoms with van der Waals surface area (Å²) in [5.41, 5.74) is -0.447. The van der Waals surface area contributed by atoms with Gasteiger partial charge in [0.2, 0.25) is 0 Å². The van der Waals surface area contributed by atoms with E-state index in [0.29, 0.717) is 16.5 Å². The van der Waals surface area contributed by atoms with E-state index in [-0.39, 0.29) is 18.6 Å². The van der Waals surface area contributed by atoms with Crippen LogP contribution in [0.5, 0.6) is 0 Å². The number of ether oxygens (including phenoxy) is 1. The normalized spacial score (nSPS) is 11.6. The van der Waals surface area contributed by atoms with E-state index in [9.17, 15) is 22.8 Å². The predicted octanol–water partition coefficient (Wildman–Crippen LogP) is 4.86. The van der Waals surface area contributed by atoms with Gasteiger partial charge in [0.15, 0.2) is 0 Å². The molecular formula is C19H12BrF3O4. The fourth-order valence-corrected chi connectivity index (χ4v) is 2.90. The third-order valence-corrected chi connectivity index (χ3v) is 4.28. The first-order valence-electron chi connectivity index (χ1n) is 7.76. The van der Waals surface area contributed by atoms with E-state index in [1.54, 1.807) is 18.2 Å². The largest absolute Gasteiger partial charge is 0.461 e. The summed E-state index contributed by atoms with van der Waals surface area (Å²) in [6, 6.07) is 10.8. The lowest BCUT2D eigenvalue weighted by Crippen LogP contribution is -2.11. The molecule has 0 amide bonds. The minimum Gasteiger partial charge on any atom is -0.461 e. The summed E-state index contributed by atoms with van der Waals surface area (Å²) >= 11 is 3.27. The van der Waals surface area contributed by atoms with Crippen LogP contribution in [0.4, 0.5) is 13.2 Å². The number of hydrogen-bond acceptors (Lipinski definition) is 4. The number of hydrogen-bond donors (Lipinski definition) is 0. The molecule has 0 N–H and O–H groups in total. The second-order valence-electron chi connectivity index (χ2n) is 5.77. The van der Waals surface area contributed by atoms with Crippen molar-refractivity contribution < 1.29 is 27.1 Å². The predicted molar refractivity (Wildman–Crippen MR) is 95.1 cm³/mol. The smallest absolute Gasteiger partial charge is 0.416 e. The maximum Gasteiger partial charge on any atom is 0.416 e. The van der Waals surface area contributed by atoms with Crippen LogP contribution in [0.3, 0.4) is 0 Å². The van der Waals surface area contributed by atoms with E-state index >= 15 is 0 Å². The van der Waals surface area contributed by atoms with Gasteiger partial charge in [0, 0.05) is 21.5 Å². The van der Waals surface area contributed by atoms with Gasteiger partial charge in [0.25, 0.3) is 0 Å². The molecular weight excluding hydrogens is 429 g/mol. The molecule has 3 rings (SSSR count). The average molecular weight is 441 g/mol. The molecule has 0 atom stereocenters. The van der Waals surface area contributed by atoms with Gasteiger partial charge < -0.3 is 9.15 Å². The van der Waals surface area contributed by atoms with Crippen molar-refractivity contribution in [2.24, 2.45) is 0 Å². The Morgan fingerprint density at radius 3 is 2.63 bits per heavy atom. The van der Waals surface area contributed by atoms with E-state index in [1.165, 1.54) is 18.2 Å². The van der Waals surface area contributed by atoms with Crippen LogP contribution in [0.15, 0.2) is 62.2 Å². The summed E-state index contributed by atoms with van der Waals surface area (Å²) in [7, 11) is 0. The number of carbonyl (C=O) groups excluding carboxylic acids is 1. The van der Waals surface area contributed by atoms with E-state index in [0.717, 1.165) is 16.6 Å². The fraction of sp³-hybridized carbons (Fsp3) is 0.158. The van der Waals surface area contributed by atoms with Crippen molar-refractivity contribution in [2.75, 3.05) is 0 Å². The number of alkyl halides is 3. The van der Waals surface area contributed by atoms with Gasteiger partial charge in [-0.1, -0.05) is 34.1 Å². The standard InChI is InChI=1S/C19H12BrF3O4/c20-14-4-5-15-12(8-18(25)27-16(15)9-14)10-26-17(24)7-11-2-1-3-13(6-11)19(21,22)23/h1-6,8-9H,7,10H2. The van der Waals surface area contributed by atoms with Crippen LogP contribution in [0.2, 0.25) is 0 Å². The molecule has 0 unspecified atom stereocenters. The first-order chi connectivity index (χ1) is 12.7. The quantitative estimate of drug-likeness (QED) is 0.429. The molecule has 1 heterocycles. The van der Waals surface area contributed by atoms with E-state index in [4.69, 9.17) is 9.15 Å². The molecule has 0 saturated heterocycles. The van der Waals surface area contributed by atoms with Crippen LogP contribution < -0.4 is 5.63 Å². The van der Waals surface area contributed by atoms with Crippen molar-refractivity contribution in [1.82, 2.24) is 0 Å². The minimum absolute atomic E-state index is 0.191. The molecule has 0 saturated carbocycles. The zero-order valence-corrected chi connectivity index (χ0v) is 15.3. The molecule has 1 aromatic heterocycles. The highest BCUT2D eigenvalue weighted by molar-refractivity contribution is 9.10. The molecule has 4 nitrogen and oxygen atoms in total. The Morgan fingerprint density at radius 2 is 1.89 bits per heavy atom. The third-order valence-electron chi connectivity index (χ3n) is 3.78. The molecule has 140 valence electrons. The van der Waals surface area contributed by atoms with E-state index in [2.05, 4.69) is 15.9 Å². The Hall–Kier alpha value is -2.61. The first-order valence-corrected chi connectivity index (χ1v) is 8.56. The molecule has 0 spiro atoms. The number of halogens is 4. The van der Waals surface area contributed by atoms with Crippen LogP contribution in [0, 0.1) is 0 Å². The van der Waals surface area contributed by atoms with Crippen LogP contribution in [0.25, 0.3) is 11.0 Å². The number of benzene rings is 2. The Labute approximate surface area is 159 Å². The minimum atomic E-state index is -4.48. The van der Waals surface area contributed by atoms with Crippen LogP contribution >= 0.6 is 15.9 Å². The van der Waals surface area contributed by atoms with Crippen LogP contribution in [-0.4, -0.2) is 5.97 Å². The average Bonchev–Trinajstić information content (AvgIpc) is 2.58. The van der Waals surface area contributed by atoms with Crippen molar-refractivity contribution in [2.45, 2.75) is 19.2 Å². The third kappa shape index (κ3) is 4.77. The highest BCUT2D eigenvalue weighted by Crippen LogP contribution is 2.29. The SMILES string of the molecule is O=C(Cc1cccc(C(F)(F)F)c1)OCc1cc(=O)oc2cc(Br)ccc12. The van der Waals surface area contributed by atoms with Gasteiger partial charge in [0.1, 0.15) is 12.2 Å².